The predicted molar refractivity (Wildman–Crippen MR) is 96.1 cm³/mol. The fourth-order valence-corrected chi connectivity index (χ4v) is 2.35. The highest BCUT2D eigenvalue weighted by Gasteiger charge is 2.02. The predicted octanol–water partition coefficient (Wildman–Crippen LogP) is 2.91. The van der Waals surface area contributed by atoms with Crippen molar-refractivity contribution in [3.63, 3.8) is 0 Å². The number of nitrogens with one attached hydrogen (secondary N) is 2. The summed E-state index contributed by atoms with van der Waals surface area (Å²) in [6.45, 7) is 3.63. The number of benzene rings is 2. The lowest BCUT2D eigenvalue weighted by molar-refractivity contribution is 0.411. The Hall–Kier alpha value is -2.49. The van der Waals surface area contributed by atoms with Crippen LogP contribution in [0.25, 0.3) is 0 Å². The molecule has 2 N–H and O–H groups in total. The molecule has 23 heavy (non-hydrogen) atoms. The zero-order valence-corrected chi connectivity index (χ0v) is 14.1. The van der Waals surface area contributed by atoms with Crippen molar-refractivity contribution in [1.29, 1.82) is 0 Å². The lowest BCUT2D eigenvalue weighted by Gasteiger charge is -2.12. The van der Waals surface area contributed by atoms with Gasteiger partial charge in [-0.3, -0.25) is 4.99 Å². The van der Waals surface area contributed by atoms with Crippen molar-refractivity contribution in [3.05, 3.63) is 65.2 Å². The molecule has 2 aromatic carbocycles. The van der Waals surface area contributed by atoms with E-state index >= 15 is 0 Å². The van der Waals surface area contributed by atoms with Gasteiger partial charge in [-0.15, -0.1) is 0 Å². The van der Waals surface area contributed by atoms with Gasteiger partial charge in [-0.2, -0.15) is 0 Å². The third-order valence-electron chi connectivity index (χ3n) is 3.70. The standard InChI is InChI=1S/C19H25N3O/c1-15-9-10-16(13-18(15)23-3)11-12-21-19(20-2)22-14-17-7-5-4-6-8-17/h4-10,13H,11-12,14H2,1-3H3,(H2,20,21,22). The van der Waals surface area contributed by atoms with E-state index in [1.807, 2.05) is 18.2 Å². The van der Waals surface area contributed by atoms with Crippen LogP contribution in [0.4, 0.5) is 0 Å². The lowest BCUT2D eigenvalue weighted by atomic mass is 10.1. The van der Waals surface area contributed by atoms with Gasteiger partial charge >= 0.3 is 0 Å². The SMILES string of the molecule is CN=C(NCCc1ccc(C)c(OC)c1)NCc1ccccc1. The van der Waals surface area contributed by atoms with Gasteiger partial charge in [0.2, 0.25) is 0 Å². The maximum Gasteiger partial charge on any atom is 0.191 e. The van der Waals surface area contributed by atoms with E-state index in [1.54, 1.807) is 14.2 Å². The van der Waals surface area contributed by atoms with Crippen LogP contribution in [0.2, 0.25) is 0 Å². The van der Waals surface area contributed by atoms with Crippen molar-refractivity contribution in [1.82, 2.24) is 10.6 Å². The number of aryl methyl sites for hydroxylation is 1. The van der Waals surface area contributed by atoms with E-state index in [1.165, 1.54) is 11.1 Å². The van der Waals surface area contributed by atoms with Crippen LogP contribution in [0.3, 0.4) is 0 Å². The molecule has 0 bridgehead atoms. The fraction of sp³-hybridized carbons (Fsp3) is 0.316. The number of guanidine groups is 1. The highest BCUT2D eigenvalue weighted by atomic mass is 16.5. The number of hydrogen-bond donors (Lipinski definition) is 2. The molecule has 0 heterocycles. The minimum atomic E-state index is 0.763. The first-order valence-corrected chi connectivity index (χ1v) is 7.85. The molecule has 0 atom stereocenters. The molecule has 0 radical (unpaired) electrons. The van der Waals surface area contributed by atoms with Gasteiger partial charge in [-0.05, 0) is 36.1 Å². The summed E-state index contributed by atoms with van der Waals surface area (Å²) in [6, 6.07) is 16.6. The van der Waals surface area contributed by atoms with Crippen molar-refractivity contribution in [3.8, 4) is 5.75 Å². The van der Waals surface area contributed by atoms with Crippen LogP contribution in [0.15, 0.2) is 53.5 Å². The maximum atomic E-state index is 5.37. The molecule has 0 aliphatic heterocycles. The minimum Gasteiger partial charge on any atom is -0.496 e. The average molecular weight is 311 g/mol. The molecule has 0 saturated heterocycles. The molecule has 4 heteroatoms. The molecule has 0 spiro atoms. The zero-order chi connectivity index (χ0) is 16.5. The Morgan fingerprint density at radius 3 is 2.52 bits per heavy atom. The van der Waals surface area contributed by atoms with E-state index in [0.29, 0.717) is 0 Å². The van der Waals surface area contributed by atoms with Crippen LogP contribution in [-0.4, -0.2) is 26.7 Å². The van der Waals surface area contributed by atoms with Gasteiger partial charge in [0.1, 0.15) is 5.75 Å². The molecule has 0 unspecified atom stereocenters. The summed E-state index contributed by atoms with van der Waals surface area (Å²) >= 11 is 0. The van der Waals surface area contributed by atoms with Crippen LogP contribution in [0, 0.1) is 6.92 Å². The molecule has 0 saturated carbocycles. The second-order valence-electron chi connectivity index (χ2n) is 5.39. The van der Waals surface area contributed by atoms with E-state index in [0.717, 1.165) is 36.8 Å². The van der Waals surface area contributed by atoms with Gasteiger partial charge in [0.05, 0.1) is 7.11 Å². The summed E-state index contributed by atoms with van der Waals surface area (Å²) in [6.07, 6.45) is 0.919. The van der Waals surface area contributed by atoms with Crippen molar-refractivity contribution < 1.29 is 4.74 Å². The lowest BCUT2D eigenvalue weighted by Crippen LogP contribution is -2.37. The molecule has 0 aliphatic carbocycles. The Bertz CT molecular complexity index is 638. The molecule has 2 rings (SSSR count). The summed E-state index contributed by atoms with van der Waals surface area (Å²) in [4.78, 5) is 4.25. The van der Waals surface area contributed by atoms with E-state index in [4.69, 9.17) is 4.74 Å². The Balaban J connectivity index is 1.80. The van der Waals surface area contributed by atoms with Crippen molar-refractivity contribution in [2.75, 3.05) is 20.7 Å². The third kappa shape index (κ3) is 5.33. The molecule has 0 amide bonds. The van der Waals surface area contributed by atoms with Crippen LogP contribution >= 0.6 is 0 Å². The van der Waals surface area contributed by atoms with Gasteiger partial charge in [0.15, 0.2) is 5.96 Å². The zero-order valence-electron chi connectivity index (χ0n) is 14.1. The number of ether oxygens (including phenoxy) is 1. The van der Waals surface area contributed by atoms with Crippen molar-refractivity contribution in [2.45, 2.75) is 19.9 Å². The molecular weight excluding hydrogens is 286 g/mol. The Morgan fingerprint density at radius 1 is 1.04 bits per heavy atom. The quantitative estimate of drug-likeness (QED) is 0.637. The van der Waals surface area contributed by atoms with E-state index < -0.39 is 0 Å². The first kappa shape index (κ1) is 16.9. The Kier molecular flexibility index (Phi) is 6.48. The second-order valence-corrected chi connectivity index (χ2v) is 5.39. The normalized spacial score (nSPS) is 11.2. The van der Waals surface area contributed by atoms with Gasteiger partial charge < -0.3 is 15.4 Å². The van der Waals surface area contributed by atoms with E-state index in [-0.39, 0.29) is 0 Å². The van der Waals surface area contributed by atoms with Gasteiger partial charge in [0, 0.05) is 20.1 Å². The summed E-state index contributed by atoms with van der Waals surface area (Å²) in [5.74, 6) is 1.75. The van der Waals surface area contributed by atoms with E-state index in [2.05, 4.69) is 52.9 Å². The minimum absolute atomic E-state index is 0.763. The maximum absolute atomic E-state index is 5.37. The van der Waals surface area contributed by atoms with Crippen LogP contribution < -0.4 is 15.4 Å². The Morgan fingerprint density at radius 2 is 1.83 bits per heavy atom. The smallest absolute Gasteiger partial charge is 0.191 e. The topological polar surface area (TPSA) is 45.7 Å². The Labute approximate surface area is 138 Å². The molecule has 122 valence electrons. The van der Waals surface area contributed by atoms with Gasteiger partial charge in [-0.25, -0.2) is 0 Å². The summed E-state index contributed by atoms with van der Waals surface area (Å²) in [5.41, 5.74) is 3.64. The first-order chi connectivity index (χ1) is 11.2. The monoisotopic (exact) mass is 311 g/mol. The highest BCUT2D eigenvalue weighted by molar-refractivity contribution is 5.79. The largest absolute Gasteiger partial charge is 0.496 e. The number of nitrogens with zero attached hydrogens (tertiary/aromatic N) is 1. The molecule has 0 aliphatic rings. The summed E-state index contributed by atoms with van der Waals surface area (Å²) in [5, 5.41) is 6.66. The van der Waals surface area contributed by atoms with Gasteiger partial charge in [0.25, 0.3) is 0 Å². The number of rotatable bonds is 6. The molecule has 4 nitrogen and oxygen atoms in total. The molecule has 2 aromatic rings. The summed E-state index contributed by atoms with van der Waals surface area (Å²) in [7, 11) is 3.49. The number of methoxy groups -OCH3 is 1. The van der Waals surface area contributed by atoms with Gasteiger partial charge in [-0.1, -0.05) is 42.5 Å². The summed E-state index contributed by atoms with van der Waals surface area (Å²) < 4.78 is 5.37. The fourth-order valence-electron chi connectivity index (χ4n) is 2.35. The third-order valence-corrected chi connectivity index (χ3v) is 3.70. The number of hydrogen-bond acceptors (Lipinski definition) is 2. The molecule has 0 fully saturated rings. The van der Waals surface area contributed by atoms with Crippen LogP contribution in [0.5, 0.6) is 5.75 Å². The average Bonchev–Trinajstić information content (AvgIpc) is 2.60. The van der Waals surface area contributed by atoms with E-state index in [9.17, 15) is 0 Å². The first-order valence-electron chi connectivity index (χ1n) is 7.85. The van der Waals surface area contributed by atoms with Crippen molar-refractivity contribution >= 4 is 5.96 Å². The van der Waals surface area contributed by atoms with Crippen LogP contribution in [-0.2, 0) is 13.0 Å². The highest BCUT2D eigenvalue weighted by Crippen LogP contribution is 2.18. The molecular formula is C19H25N3O. The van der Waals surface area contributed by atoms with Crippen LogP contribution in [0.1, 0.15) is 16.7 Å². The molecule has 0 aromatic heterocycles. The second kappa shape index (κ2) is 8.83. The van der Waals surface area contributed by atoms with Crippen molar-refractivity contribution in [2.24, 2.45) is 4.99 Å². The number of aliphatic imine (C=N–C) groups is 1.